The lowest BCUT2D eigenvalue weighted by Gasteiger charge is -2.12. The zero-order valence-corrected chi connectivity index (χ0v) is 10.6. The van der Waals surface area contributed by atoms with Crippen LogP contribution in [-0.2, 0) is 0 Å². The van der Waals surface area contributed by atoms with E-state index in [0.29, 0.717) is 5.56 Å². The minimum Gasteiger partial charge on any atom is -0.431 e. The number of rotatable bonds is 4. The zero-order chi connectivity index (χ0) is 14.7. The highest BCUT2D eigenvalue weighted by molar-refractivity contribution is 5.48. The van der Waals surface area contributed by atoms with Gasteiger partial charge in [0, 0.05) is 17.8 Å². The first-order valence-electron chi connectivity index (χ1n) is 5.81. The topological polar surface area (TPSA) is 91.3 Å². The molecule has 1 aromatic carbocycles. The highest BCUT2D eigenvalue weighted by Crippen LogP contribution is 2.33. The number of nitro groups is 1. The van der Waals surface area contributed by atoms with Crippen molar-refractivity contribution in [3.8, 4) is 11.6 Å². The van der Waals surface area contributed by atoms with Crippen LogP contribution in [0.25, 0.3) is 0 Å². The predicted octanol–water partition coefficient (Wildman–Crippen LogP) is 2.94. The number of nitro benzene ring substituents is 1. The zero-order valence-electron chi connectivity index (χ0n) is 10.6. The normalized spacial score (nSPS) is 11.9. The number of benzene rings is 1. The van der Waals surface area contributed by atoms with Gasteiger partial charge in [-0.1, -0.05) is 6.07 Å². The number of ether oxygens (including phenoxy) is 1. The van der Waals surface area contributed by atoms with Crippen LogP contribution in [0.3, 0.4) is 0 Å². The van der Waals surface area contributed by atoms with Gasteiger partial charge in [0.25, 0.3) is 0 Å². The molecule has 2 N–H and O–H groups in total. The fraction of sp³-hybridized carbons (Fsp3) is 0.154. The molecule has 1 aromatic heterocycles. The van der Waals surface area contributed by atoms with Gasteiger partial charge in [0.2, 0.25) is 11.6 Å². The minimum absolute atomic E-state index is 0.0861. The summed E-state index contributed by atoms with van der Waals surface area (Å²) in [6, 6.07) is 6.11. The molecule has 0 spiro atoms. The molecule has 1 atom stereocenters. The lowest BCUT2D eigenvalue weighted by molar-refractivity contribution is -0.385. The van der Waals surface area contributed by atoms with Crippen molar-refractivity contribution in [3.63, 3.8) is 0 Å². The van der Waals surface area contributed by atoms with Crippen LogP contribution >= 0.6 is 0 Å². The van der Waals surface area contributed by atoms with Crippen molar-refractivity contribution in [1.29, 1.82) is 0 Å². The van der Waals surface area contributed by atoms with E-state index in [2.05, 4.69) is 4.98 Å². The molecule has 0 saturated heterocycles. The number of hydrogen-bond acceptors (Lipinski definition) is 5. The van der Waals surface area contributed by atoms with Crippen molar-refractivity contribution in [3.05, 3.63) is 58.0 Å². The van der Waals surface area contributed by atoms with Crippen LogP contribution in [0.4, 0.5) is 10.1 Å². The Hall–Kier alpha value is -2.54. The molecule has 0 aliphatic heterocycles. The summed E-state index contributed by atoms with van der Waals surface area (Å²) in [6.45, 7) is 1.74. The lowest BCUT2D eigenvalue weighted by Crippen LogP contribution is -2.07. The summed E-state index contributed by atoms with van der Waals surface area (Å²) in [6.07, 6.45) is 1.48. The first-order chi connectivity index (χ1) is 9.49. The van der Waals surface area contributed by atoms with Gasteiger partial charge in [-0.3, -0.25) is 10.1 Å². The molecule has 0 saturated carbocycles. The molecule has 2 aromatic rings. The monoisotopic (exact) mass is 277 g/mol. The third kappa shape index (κ3) is 2.89. The molecule has 6 nitrogen and oxygen atoms in total. The van der Waals surface area contributed by atoms with Crippen molar-refractivity contribution in [2.75, 3.05) is 0 Å². The molecule has 0 bridgehead atoms. The average molecular weight is 277 g/mol. The molecule has 0 unspecified atom stereocenters. The van der Waals surface area contributed by atoms with Crippen LogP contribution in [0.1, 0.15) is 18.5 Å². The van der Waals surface area contributed by atoms with Gasteiger partial charge in [-0.2, -0.15) is 0 Å². The summed E-state index contributed by atoms with van der Waals surface area (Å²) in [7, 11) is 0. The summed E-state index contributed by atoms with van der Waals surface area (Å²) >= 11 is 0. The summed E-state index contributed by atoms with van der Waals surface area (Å²) in [4.78, 5) is 14.2. The quantitative estimate of drug-likeness (QED) is 0.685. The Morgan fingerprint density at radius 2 is 2.20 bits per heavy atom. The Labute approximate surface area is 114 Å². The van der Waals surface area contributed by atoms with Crippen LogP contribution in [0, 0.1) is 15.9 Å². The van der Waals surface area contributed by atoms with Crippen LogP contribution in [-0.4, -0.2) is 9.91 Å². The third-order valence-electron chi connectivity index (χ3n) is 2.62. The second kappa shape index (κ2) is 5.62. The fourth-order valence-electron chi connectivity index (χ4n) is 1.66. The van der Waals surface area contributed by atoms with E-state index >= 15 is 0 Å². The van der Waals surface area contributed by atoms with Gasteiger partial charge in [0.05, 0.1) is 11.0 Å². The second-order valence-electron chi connectivity index (χ2n) is 4.16. The van der Waals surface area contributed by atoms with E-state index in [0.717, 1.165) is 12.1 Å². The molecule has 0 aliphatic carbocycles. The number of halogens is 1. The van der Waals surface area contributed by atoms with E-state index in [1.807, 2.05) is 0 Å². The largest absolute Gasteiger partial charge is 0.431 e. The highest BCUT2D eigenvalue weighted by Gasteiger charge is 2.19. The Morgan fingerprint density at radius 3 is 2.85 bits per heavy atom. The predicted molar refractivity (Wildman–Crippen MR) is 70.0 cm³/mol. The molecule has 0 aliphatic rings. The van der Waals surface area contributed by atoms with Crippen LogP contribution < -0.4 is 10.5 Å². The van der Waals surface area contributed by atoms with Crippen molar-refractivity contribution < 1.29 is 14.1 Å². The lowest BCUT2D eigenvalue weighted by atomic mass is 10.1. The second-order valence-corrected chi connectivity index (χ2v) is 4.16. The van der Waals surface area contributed by atoms with Crippen molar-refractivity contribution in [2.45, 2.75) is 13.0 Å². The van der Waals surface area contributed by atoms with Gasteiger partial charge in [-0.05, 0) is 25.1 Å². The average Bonchev–Trinajstić information content (AvgIpc) is 2.41. The molecule has 0 radical (unpaired) electrons. The Kier molecular flexibility index (Phi) is 3.90. The van der Waals surface area contributed by atoms with E-state index in [4.69, 9.17) is 10.5 Å². The van der Waals surface area contributed by atoms with E-state index in [1.54, 1.807) is 19.1 Å². The van der Waals surface area contributed by atoms with Gasteiger partial charge in [-0.25, -0.2) is 9.37 Å². The van der Waals surface area contributed by atoms with Crippen molar-refractivity contribution >= 4 is 5.69 Å². The third-order valence-corrected chi connectivity index (χ3v) is 2.62. The summed E-state index contributed by atoms with van der Waals surface area (Å²) < 4.78 is 18.5. The summed E-state index contributed by atoms with van der Waals surface area (Å²) in [5.41, 5.74) is 5.91. The van der Waals surface area contributed by atoms with Gasteiger partial charge in [-0.15, -0.1) is 0 Å². The highest BCUT2D eigenvalue weighted by atomic mass is 19.1. The van der Waals surface area contributed by atoms with Gasteiger partial charge >= 0.3 is 5.69 Å². The standard InChI is InChI=1S/C13H12FN3O3/c1-8(15)10-3-2-6-16-13(10)20-12-5-4-9(14)7-11(12)17(18)19/h2-8H,15H2,1H3/t8-/m0/s1. The SMILES string of the molecule is C[C@H](N)c1cccnc1Oc1ccc(F)cc1[N+](=O)[O-]. The smallest absolute Gasteiger partial charge is 0.314 e. The Balaban J connectivity index is 2.43. The van der Waals surface area contributed by atoms with E-state index in [9.17, 15) is 14.5 Å². The van der Waals surface area contributed by atoms with E-state index in [-0.39, 0.29) is 17.7 Å². The molecule has 1 heterocycles. The molecular formula is C13H12FN3O3. The molecular weight excluding hydrogens is 265 g/mol. The van der Waals surface area contributed by atoms with Crippen LogP contribution in [0.15, 0.2) is 36.5 Å². The number of aromatic nitrogens is 1. The molecule has 0 fully saturated rings. The van der Waals surface area contributed by atoms with E-state index in [1.165, 1.54) is 12.3 Å². The first kappa shape index (κ1) is 13.9. The fourth-order valence-corrected chi connectivity index (χ4v) is 1.66. The van der Waals surface area contributed by atoms with Gasteiger partial charge < -0.3 is 10.5 Å². The molecule has 7 heteroatoms. The van der Waals surface area contributed by atoms with Crippen molar-refractivity contribution in [2.24, 2.45) is 5.73 Å². The Bertz CT molecular complexity index is 647. The number of nitrogens with zero attached hydrogens (tertiary/aromatic N) is 2. The maximum absolute atomic E-state index is 13.1. The maximum atomic E-state index is 13.1. The van der Waals surface area contributed by atoms with E-state index < -0.39 is 16.4 Å². The Morgan fingerprint density at radius 1 is 1.45 bits per heavy atom. The van der Waals surface area contributed by atoms with Crippen LogP contribution in [0.5, 0.6) is 11.6 Å². The van der Waals surface area contributed by atoms with Gasteiger partial charge in [0.15, 0.2) is 0 Å². The maximum Gasteiger partial charge on any atom is 0.314 e. The van der Waals surface area contributed by atoms with Gasteiger partial charge in [0.1, 0.15) is 5.82 Å². The summed E-state index contributed by atoms with van der Waals surface area (Å²) in [5, 5.41) is 10.9. The molecule has 2 rings (SSSR count). The number of nitrogens with two attached hydrogens (primary N) is 1. The minimum atomic E-state index is -0.715. The van der Waals surface area contributed by atoms with Crippen molar-refractivity contribution in [1.82, 2.24) is 4.98 Å². The number of pyridine rings is 1. The van der Waals surface area contributed by atoms with Crippen LogP contribution in [0.2, 0.25) is 0 Å². The number of hydrogen-bond donors (Lipinski definition) is 1. The molecule has 104 valence electrons. The molecule has 0 amide bonds. The summed E-state index contributed by atoms with van der Waals surface area (Å²) in [5.74, 6) is -0.633. The first-order valence-corrected chi connectivity index (χ1v) is 5.81. The molecule has 20 heavy (non-hydrogen) atoms.